The first kappa shape index (κ1) is 18.3. The maximum Gasteiger partial charge on any atom is 0.306 e. The lowest BCUT2D eigenvalue weighted by molar-refractivity contribution is -0.140. The lowest BCUT2D eigenvalue weighted by atomic mass is 10.4. The molecule has 0 bridgehead atoms. The fourth-order valence-electron chi connectivity index (χ4n) is 1.23. The van der Waals surface area contributed by atoms with Crippen molar-refractivity contribution in [3.05, 3.63) is 0 Å². The summed E-state index contributed by atoms with van der Waals surface area (Å²) in [6.07, 6.45) is -0.00853. The average Bonchev–Trinajstić information content (AvgIpc) is 2.38. The van der Waals surface area contributed by atoms with E-state index in [9.17, 15) is 13.2 Å². The van der Waals surface area contributed by atoms with Crippen molar-refractivity contribution in [2.75, 3.05) is 54.2 Å². The van der Waals surface area contributed by atoms with Crippen molar-refractivity contribution in [2.24, 2.45) is 0 Å². The monoisotopic (exact) mass is 298 g/mol. The van der Waals surface area contributed by atoms with E-state index < -0.39 is 16.2 Å². The standard InChI is InChI=1S/C10H22N2O6S/c1-16-8-5-11-19(14,15)12(7-9-17-2)6-4-10(13)18-3/h11H,4-9H2,1-3H3. The number of nitrogens with one attached hydrogen (secondary N) is 1. The van der Waals surface area contributed by atoms with E-state index in [1.54, 1.807) is 0 Å². The molecule has 0 aliphatic rings. The number of methoxy groups -OCH3 is 3. The van der Waals surface area contributed by atoms with Gasteiger partial charge in [-0.3, -0.25) is 4.79 Å². The molecule has 0 fully saturated rings. The Morgan fingerprint density at radius 3 is 2.26 bits per heavy atom. The van der Waals surface area contributed by atoms with Crippen LogP contribution in [0, 0.1) is 0 Å². The second kappa shape index (κ2) is 10.1. The lowest BCUT2D eigenvalue weighted by Gasteiger charge is -2.21. The molecule has 0 radical (unpaired) electrons. The van der Waals surface area contributed by atoms with Crippen molar-refractivity contribution in [2.45, 2.75) is 6.42 Å². The van der Waals surface area contributed by atoms with Crippen LogP contribution in [0.3, 0.4) is 0 Å². The summed E-state index contributed by atoms with van der Waals surface area (Å²) in [4.78, 5) is 11.1. The fourth-order valence-corrected chi connectivity index (χ4v) is 2.40. The summed E-state index contributed by atoms with van der Waals surface area (Å²) in [6.45, 7) is 0.884. The van der Waals surface area contributed by atoms with Gasteiger partial charge in [-0.2, -0.15) is 17.4 Å². The maximum absolute atomic E-state index is 12.0. The third-order valence-corrected chi connectivity index (χ3v) is 3.88. The molecular weight excluding hydrogens is 276 g/mol. The molecule has 0 heterocycles. The van der Waals surface area contributed by atoms with E-state index >= 15 is 0 Å². The van der Waals surface area contributed by atoms with E-state index in [0.29, 0.717) is 0 Å². The number of carbonyl (C=O) groups is 1. The number of esters is 1. The number of hydrogen-bond acceptors (Lipinski definition) is 6. The third-order valence-electron chi connectivity index (χ3n) is 2.27. The summed E-state index contributed by atoms with van der Waals surface area (Å²) in [7, 11) is 0.558. The number of hydrogen-bond donors (Lipinski definition) is 1. The molecule has 0 unspecified atom stereocenters. The van der Waals surface area contributed by atoms with Gasteiger partial charge in [-0.25, -0.2) is 0 Å². The van der Waals surface area contributed by atoms with Gasteiger partial charge in [0.15, 0.2) is 0 Å². The Labute approximate surface area is 114 Å². The molecule has 0 saturated carbocycles. The van der Waals surface area contributed by atoms with Crippen molar-refractivity contribution in [1.29, 1.82) is 0 Å². The topological polar surface area (TPSA) is 94.2 Å². The highest BCUT2D eigenvalue weighted by Gasteiger charge is 2.21. The van der Waals surface area contributed by atoms with Gasteiger partial charge in [-0.15, -0.1) is 0 Å². The van der Waals surface area contributed by atoms with Gasteiger partial charge in [0.2, 0.25) is 0 Å². The molecule has 0 aromatic carbocycles. The molecule has 19 heavy (non-hydrogen) atoms. The minimum absolute atomic E-state index is 0.00853. The first-order chi connectivity index (χ1) is 8.97. The Hall–Kier alpha value is -0.740. The Morgan fingerprint density at radius 2 is 1.74 bits per heavy atom. The van der Waals surface area contributed by atoms with E-state index in [2.05, 4.69) is 9.46 Å². The van der Waals surface area contributed by atoms with Crippen LogP contribution in [0.2, 0.25) is 0 Å². The zero-order valence-corrected chi connectivity index (χ0v) is 12.4. The summed E-state index contributed by atoms with van der Waals surface area (Å²) < 4.78 is 41.6. The predicted octanol–water partition coefficient (Wildman–Crippen LogP) is -1.02. The minimum Gasteiger partial charge on any atom is -0.469 e. The van der Waals surface area contributed by atoms with Crippen LogP contribution in [0.1, 0.15) is 6.42 Å². The molecule has 114 valence electrons. The van der Waals surface area contributed by atoms with Crippen LogP contribution in [0.25, 0.3) is 0 Å². The Morgan fingerprint density at radius 1 is 1.11 bits per heavy atom. The first-order valence-corrected chi connectivity index (χ1v) is 7.21. The normalized spacial score (nSPS) is 11.8. The number of carbonyl (C=O) groups excluding carboxylic acids is 1. The van der Waals surface area contributed by atoms with Crippen molar-refractivity contribution in [1.82, 2.24) is 9.03 Å². The van der Waals surface area contributed by atoms with Gasteiger partial charge in [-0.05, 0) is 0 Å². The summed E-state index contributed by atoms with van der Waals surface area (Å²) in [5, 5.41) is 0. The molecule has 0 rings (SSSR count). The molecule has 0 aliphatic heterocycles. The highest BCUT2D eigenvalue weighted by atomic mass is 32.2. The fraction of sp³-hybridized carbons (Fsp3) is 0.900. The van der Waals surface area contributed by atoms with Gasteiger partial charge in [-0.1, -0.05) is 0 Å². The van der Waals surface area contributed by atoms with Crippen molar-refractivity contribution in [3.8, 4) is 0 Å². The number of ether oxygens (including phenoxy) is 3. The largest absolute Gasteiger partial charge is 0.469 e. The van der Waals surface area contributed by atoms with Crippen LogP contribution in [-0.2, 0) is 29.2 Å². The van der Waals surface area contributed by atoms with Crippen LogP contribution >= 0.6 is 0 Å². The second-order valence-corrected chi connectivity index (χ2v) is 5.37. The van der Waals surface area contributed by atoms with Gasteiger partial charge < -0.3 is 14.2 Å². The molecule has 0 atom stereocenters. The van der Waals surface area contributed by atoms with Crippen LogP contribution in [0.5, 0.6) is 0 Å². The molecular formula is C10H22N2O6S. The quantitative estimate of drug-likeness (QED) is 0.387. The van der Waals surface area contributed by atoms with E-state index in [-0.39, 0.29) is 39.3 Å². The molecule has 0 aromatic rings. The van der Waals surface area contributed by atoms with Crippen LogP contribution in [-0.4, -0.2) is 72.9 Å². The molecule has 9 heteroatoms. The van der Waals surface area contributed by atoms with Crippen LogP contribution in [0.15, 0.2) is 0 Å². The summed E-state index contributed by atoms with van der Waals surface area (Å²) in [5.74, 6) is -0.463. The molecule has 0 spiro atoms. The Bertz CT molecular complexity index is 346. The van der Waals surface area contributed by atoms with Gasteiger partial charge in [0.1, 0.15) is 0 Å². The highest BCUT2D eigenvalue weighted by Crippen LogP contribution is 2.01. The zero-order chi connectivity index (χ0) is 14.7. The molecule has 0 aliphatic carbocycles. The van der Waals surface area contributed by atoms with Crippen molar-refractivity contribution < 1.29 is 27.4 Å². The molecule has 8 nitrogen and oxygen atoms in total. The summed E-state index contributed by atoms with van der Waals surface area (Å²) >= 11 is 0. The molecule has 1 N–H and O–H groups in total. The van der Waals surface area contributed by atoms with Crippen molar-refractivity contribution >= 4 is 16.2 Å². The maximum atomic E-state index is 12.0. The smallest absolute Gasteiger partial charge is 0.306 e. The van der Waals surface area contributed by atoms with Crippen molar-refractivity contribution in [3.63, 3.8) is 0 Å². The number of nitrogens with zero attached hydrogens (tertiary/aromatic N) is 1. The average molecular weight is 298 g/mol. The third kappa shape index (κ3) is 8.11. The van der Waals surface area contributed by atoms with Crippen LogP contribution in [0.4, 0.5) is 0 Å². The van der Waals surface area contributed by atoms with Gasteiger partial charge in [0.25, 0.3) is 10.2 Å². The Balaban J connectivity index is 4.48. The van der Waals surface area contributed by atoms with E-state index in [1.807, 2.05) is 0 Å². The number of rotatable bonds is 11. The predicted molar refractivity (Wildman–Crippen MR) is 68.9 cm³/mol. The lowest BCUT2D eigenvalue weighted by Crippen LogP contribution is -2.44. The zero-order valence-electron chi connectivity index (χ0n) is 11.5. The van der Waals surface area contributed by atoms with E-state index in [1.165, 1.54) is 21.3 Å². The molecule has 0 amide bonds. The van der Waals surface area contributed by atoms with Gasteiger partial charge >= 0.3 is 5.97 Å². The SMILES string of the molecule is COCCNS(=O)(=O)N(CCOC)CCC(=O)OC. The van der Waals surface area contributed by atoms with Crippen LogP contribution < -0.4 is 4.72 Å². The Kier molecular flexibility index (Phi) is 9.70. The highest BCUT2D eigenvalue weighted by molar-refractivity contribution is 7.87. The minimum atomic E-state index is -3.66. The van der Waals surface area contributed by atoms with Gasteiger partial charge in [0, 0.05) is 33.9 Å². The van der Waals surface area contributed by atoms with E-state index in [4.69, 9.17) is 9.47 Å². The molecule has 0 saturated heterocycles. The van der Waals surface area contributed by atoms with E-state index in [0.717, 1.165) is 4.31 Å². The van der Waals surface area contributed by atoms with Gasteiger partial charge in [0.05, 0.1) is 26.7 Å². The summed E-state index contributed by atoms with van der Waals surface area (Å²) in [6, 6.07) is 0. The second-order valence-electron chi connectivity index (χ2n) is 3.61. The molecule has 0 aromatic heterocycles. The first-order valence-electron chi connectivity index (χ1n) is 5.77. The summed E-state index contributed by atoms with van der Waals surface area (Å²) in [5.41, 5.74) is 0.